The van der Waals surface area contributed by atoms with Crippen molar-refractivity contribution in [2.24, 2.45) is 0 Å². The molecule has 4 aromatic heterocycles. The summed E-state index contributed by atoms with van der Waals surface area (Å²) >= 11 is 0. The topological polar surface area (TPSA) is 241 Å². The number of halogens is 1. The third-order valence-corrected chi connectivity index (χ3v) is 8.17. The molecule has 0 atom stereocenters. The maximum atomic E-state index is 12.2. The van der Waals surface area contributed by atoms with E-state index in [0.717, 1.165) is 48.2 Å². The van der Waals surface area contributed by atoms with Gasteiger partial charge in [0, 0.05) is 48.9 Å². The molecule has 4 N–H and O–H groups in total. The Morgan fingerprint density at radius 1 is 0.897 bits per heavy atom. The highest BCUT2D eigenvalue weighted by atomic mass is 19.1. The molecule has 0 aliphatic carbocycles. The number of carbonyl (C=O) groups excluding carboxylic acids is 2. The predicted molar refractivity (Wildman–Crippen MR) is 220 cm³/mol. The van der Waals surface area contributed by atoms with Gasteiger partial charge in [-0.25, -0.2) is 0 Å². The van der Waals surface area contributed by atoms with Crippen LogP contribution in [0.25, 0.3) is 0 Å². The first-order chi connectivity index (χ1) is 27.4. The minimum absolute atomic E-state index is 0. The summed E-state index contributed by atoms with van der Waals surface area (Å²) < 4.78 is 25.6. The Morgan fingerprint density at radius 2 is 1.47 bits per heavy atom. The number of ketones is 1. The number of aromatic nitrogens is 6. The molecule has 19 heteroatoms. The van der Waals surface area contributed by atoms with E-state index in [-0.39, 0.29) is 63.0 Å². The Kier molecular flexibility index (Phi) is 20.1. The lowest BCUT2D eigenvalue weighted by molar-refractivity contribution is -0.383. The van der Waals surface area contributed by atoms with Gasteiger partial charge in [0.05, 0.1) is 38.5 Å². The lowest BCUT2D eigenvalue weighted by Crippen LogP contribution is -2.36. The maximum absolute atomic E-state index is 12.2. The molecule has 0 radical (unpaired) electrons. The third kappa shape index (κ3) is 14.3. The van der Waals surface area contributed by atoms with E-state index in [1.54, 1.807) is 19.2 Å². The quantitative estimate of drug-likeness (QED) is 0.0561. The van der Waals surface area contributed by atoms with Crippen molar-refractivity contribution in [2.75, 3.05) is 61.4 Å². The summed E-state index contributed by atoms with van der Waals surface area (Å²) in [4.78, 5) is 64.0. The minimum Gasteiger partial charge on any atom is -0.465 e. The second kappa shape index (κ2) is 24.4. The molecular formula is C39H56FN11O7. The Bertz CT molecular complexity index is 1920. The summed E-state index contributed by atoms with van der Waals surface area (Å²) in [6.07, 6.45) is 7.32. The zero-order valence-electron chi connectivity index (χ0n) is 33.4. The molecular weight excluding hydrogens is 753 g/mol. The lowest BCUT2D eigenvalue weighted by Gasteiger charge is -2.29. The van der Waals surface area contributed by atoms with Gasteiger partial charge in [0.2, 0.25) is 11.6 Å². The molecule has 0 amide bonds. The first-order valence-electron chi connectivity index (χ1n) is 18.5. The summed E-state index contributed by atoms with van der Waals surface area (Å²) in [7, 11) is 0.500. The highest BCUT2D eigenvalue weighted by Crippen LogP contribution is 2.34. The number of anilines is 4. The van der Waals surface area contributed by atoms with E-state index >= 15 is 0 Å². The highest BCUT2D eigenvalue weighted by molar-refractivity contribution is 5.91. The van der Waals surface area contributed by atoms with E-state index < -0.39 is 16.6 Å². The van der Waals surface area contributed by atoms with Crippen LogP contribution in [0.2, 0.25) is 0 Å². The number of ether oxygens (including phenoxy) is 3. The van der Waals surface area contributed by atoms with Crippen molar-refractivity contribution in [1.29, 1.82) is 0 Å². The number of rotatable bonds is 17. The highest BCUT2D eigenvalue weighted by Gasteiger charge is 2.30. The van der Waals surface area contributed by atoms with Crippen molar-refractivity contribution < 1.29 is 33.1 Å². The van der Waals surface area contributed by atoms with Crippen molar-refractivity contribution in [3.8, 4) is 12.0 Å². The van der Waals surface area contributed by atoms with Crippen LogP contribution in [-0.2, 0) is 33.8 Å². The van der Waals surface area contributed by atoms with Crippen LogP contribution in [-0.4, -0.2) is 86.7 Å². The fourth-order valence-electron chi connectivity index (χ4n) is 5.34. The Morgan fingerprint density at radius 3 is 2.00 bits per heavy atom. The fourth-order valence-corrected chi connectivity index (χ4v) is 5.34. The molecule has 5 rings (SSSR count). The summed E-state index contributed by atoms with van der Waals surface area (Å²) in [5, 5.41) is 11.7. The van der Waals surface area contributed by atoms with Crippen LogP contribution in [0.15, 0.2) is 36.7 Å². The molecule has 0 unspecified atom stereocenters. The normalized spacial score (nSPS) is 11.4. The Hall–Kier alpha value is -6.27. The average Bonchev–Trinajstić information content (AvgIpc) is 3.18. The average molecular weight is 810 g/mol. The van der Waals surface area contributed by atoms with Gasteiger partial charge in [-0.1, -0.05) is 46.2 Å². The number of Topliss-reactive ketones (excluding diaryl/α,β-unsaturated/α-hetero) is 1. The van der Waals surface area contributed by atoms with Crippen molar-refractivity contribution in [3.05, 3.63) is 74.9 Å². The number of hydrogen-bond donors (Lipinski definition) is 2. The number of unbranched alkanes of at least 4 members (excludes halogenated alkanes) is 2. The van der Waals surface area contributed by atoms with Crippen LogP contribution in [0.1, 0.15) is 82.0 Å². The van der Waals surface area contributed by atoms with E-state index in [4.69, 9.17) is 25.7 Å². The fraction of sp³-hybridized carbons (Fsp3) is 0.487. The summed E-state index contributed by atoms with van der Waals surface area (Å²) in [5.74, 6) is 0.0794. The monoisotopic (exact) mass is 809 g/mol. The van der Waals surface area contributed by atoms with Gasteiger partial charge in [0.1, 0.15) is 18.2 Å². The van der Waals surface area contributed by atoms with Crippen LogP contribution < -0.4 is 30.7 Å². The first kappa shape index (κ1) is 47.9. The number of hydrogen-bond acceptors (Lipinski definition) is 17. The van der Waals surface area contributed by atoms with E-state index in [2.05, 4.69) is 36.8 Å². The van der Waals surface area contributed by atoms with Gasteiger partial charge in [-0.2, -0.15) is 19.9 Å². The number of nitro groups is 1. The summed E-state index contributed by atoms with van der Waals surface area (Å²) in [5.41, 5.74) is 15.6. The molecule has 0 bridgehead atoms. The molecule has 1 aliphatic rings. The number of aryl methyl sites for hydroxylation is 2. The molecule has 18 nitrogen and oxygen atoms in total. The number of pyridine rings is 2. The number of nitrogen functional groups attached to an aromatic ring is 2. The van der Waals surface area contributed by atoms with Crippen molar-refractivity contribution in [2.45, 2.75) is 87.2 Å². The van der Waals surface area contributed by atoms with Crippen molar-refractivity contribution in [3.63, 3.8) is 0 Å². The number of carbonyl (C=O) groups is 2. The number of nitrogens with two attached hydrogens (primary N) is 2. The van der Waals surface area contributed by atoms with Gasteiger partial charge in [-0.15, -0.1) is 0 Å². The predicted octanol–water partition coefficient (Wildman–Crippen LogP) is 5.71. The van der Waals surface area contributed by atoms with Gasteiger partial charge in [-0.3, -0.25) is 34.1 Å². The van der Waals surface area contributed by atoms with Crippen molar-refractivity contribution >= 4 is 40.7 Å². The second-order valence-corrected chi connectivity index (χ2v) is 12.8. The van der Waals surface area contributed by atoms with E-state index in [1.165, 1.54) is 4.90 Å². The second-order valence-electron chi connectivity index (χ2n) is 12.8. The molecule has 0 aromatic carbocycles. The van der Waals surface area contributed by atoms with Gasteiger partial charge in [0.25, 0.3) is 0 Å². The smallest absolute Gasteiger partial charge is 0.353 e. The van der Waals surface area contributed by atoms with Crippen LogP contribution in [0.3, 0.4) is 0 Å². The minimum atomic E-state index is -0.675. The largest absolute Gasteiger partial charge is 0.465 e. The Balaban J connectivity index is 0.000000382. The van der Waals surface area contributed by atoms with Crippen LogP contribution in [0, 0.1) is 24.0 Å². The number of nitrogens with zero attached hydrogens (tertiary/aromatic N) is 9. The standard InChI is InChI=1S/C19H26N6O5.C18H23N5O2.CH3F.CH4/c1-4-6-9-30-19-22-17(20)16(25(27)28)18(23-19)24(12-15(26)29-5-2)11-14-8-7-13(3)21-10-14;1-3-4-7-25-18-21-16(19)15-8-14(24)11-23(17(15)22-18)10-13-6-5-12(2)20-9-13;1-2;/h7-8,10H,4-6,9,11-12H2,1-3H3,(H2,20,22,23);5-6,9H,3-4,7-8,10-11H2,1-2H3,(H2,19,21,22);1H3;1H4. The molecule has 1 aliphatic heterocycles. The van der Waals surface area contributed by atoms with Crippen molar-refractivity contribution in [1.82, 2.24) is 29.9 Å². The van der Waals surface area contributed by atoms with E-state index in [9.17, 15) is 24.1 Å². The Labute approximate surface area is 338 Å². The van der Waals surface area contributed by atoms with Gasteiger partial charge in [-0.05, 0) is 56.9 Å². The number of esters is 1. The molecule has 4 aromatic rings. The van der Waals surface area contributed by atoms with Crippen LogP contribution in [0.4, 0.5) is 33.3 Å². The van der Waals surface area contributed by atoms with Crippen LogP contribution >= 0.6 is 0 Å². The molecule has 0 saturated heterocycles. The number of fused-ring (bicyclic) bond motifs is 1. The lowest BCUT2D eigenvalue weighted by atomic mass is 10.0. The summed E-state index contributed by atoms with van der Waals surface area (Å²) in [6, 6.07) is 7.76. The molecule has 0 spiro atoms. The molecule has 316 valence electrons. The zero-order chi connectivity index (χ0) is 41.9. The van der Waals surface area contributed by atoms with E-state index in [1.807, 2.05) is 50.1 Å². The third-order valence-electron chi connectivity index (χ3n) is 8.17. The maximum Gasteiger partial charge on any atom is 0.353 e. The summed E-state index contributed by atoms with van der Waals surface area (Å²) in [6.45, 7) is 11.3. The molecule has 0 saturated carbocycles. The van der Waals surface area contributed by atoms with Gasteiger partial charge in [0.15, 0.2) is 5.78 Å². The van der Waals surface area contributed by atoms with Crippen LogP contribution in [0.5, 0.6) is 12.0 Å². The van der Waals surface area contributed by atoms with E-state index in [0.29, 0.717) is 50.7 Å². The molecule has 58 heavy (non-hydrogen) atoms. The zero-order valence-corrected chi connectivity index (χ0v) is 33.4. The van der Waals surface area contributed by atoms with Gasteiger partial charge < -0.3 is 35.5 Å². The number of alkyl halides is 1. The molecule has 5 heterocycles. The molecule has 0 fully saturated rings. The van der Waals surface area contributed by atoms with Gasteiger partial charge >= 0.3 is 23.7 Å². The SMILES string of the molecule is C.CCCCOc1nc(N)c([N+](=O)[O-])c(N(CC(=O)OCC)Cc2ccc(C)nc2)n1.CCCCOc1nc(N)c2c(n1)N(Cc1ccc(C)nc1)CC(=O)C2.CF. The first-order valence-corrected chi connectivity index (χ1v) is 18.5.